The molecule has 3 aromatic rings. The van der Waals surface area contributed by atoms with Crippen molar-refractivity contribution in [3.63, 3.8) is 0 Å². The molecule has 3 heterocycles. The van der Waals surface area contributed by atoms with Gasteiger partial charge in [-0.15, -0.1) is 11.3 Å². The molecule has 7 heteroatoms. The standard InChI is InChI=1S/C28H35FN4OS/c1-32-16-23-22(3-2-4-24(23)31-32)26(34)13-19-7-5-18(6-8-19)9-11-33-12-10-27-25(17-33)30-28(35-27)20-14-21(29)15-20/h2-4,16,18-21H,5-15,17H2,1H3. The Bertz CT molecular complexity index is 1200. The van der Waals surface area contributed by atoms with Crippen LogP contribution in [0, 0.1) is 11.8 Å². The largest absolute Gasteiger partial charge is 0.297 e. The van der Waals surface area contributed by atoms with Gasteiger partial charge < -0.3 is 0 Å². The molecule has 2 saturated carbocycles. The van der Waals surface area contributed by atoms with Crippen LogP contribution in [-0.2, 0) is 20.0 Å². The van der Waals surface area contributed by atoms with Gasteiger partial charge in [-0.05, 0) is 63.0 Å². The maximum atomic E-state index is 13.2. The summed E-state index contributed by atoms with van der Waals surface area (Å²) in [6, 6.07) is 5.88. The zero-order valence-corrected chi connectivity index (χ0v) is 21.4. The molecule has 0 atom stereocenters. The van der Waals surface area contributed by atoms with E-state index < -0.39 is 6.17 Å². The summed E-state index contributed by atoms with van der Waals surface area (Å²) < 4.78 is 15.0. The third-order valence-corrected chi connectivity index (χ3v) is 9.83. The van der Waals surface area contributed by atoms with Crippen LogP contribution in [-0.4, -0.2) is 44.7 Å². The molecular weight excluding hydrogens is 459 g/mol. The van der Waals surface area contributed by atoms with Crippen molar-refractivity contribution in [2.75, 3.05) is 13.1 Å². The number of hydrogen-bond donors (Lipinski definition) is 0. The summed E-state index contributed by atoms with van der Waals surface area (Å²) in [6.07, 6.45) is 10.5. The summed E-state index contributed by atoms with van der Waals surface area (Å²) in [4.78, 5) is 22.0. The average Bonchev–Trinajstić information content (AvgIpc) is 3.43. The van der Waals surface area contributed by atoms with Crippen molar-refractivity contribution in [2.24, 2.45) is 18.9 Å². The minimum absolute atomic E-state index is 0.266. The van der Waals surface area contributed by atoms with E-state index in [1.165, 1.54) is 34.8 Å². The molecule has 35 heavy (non-hydrogen) atoms. The van der Waals surface area contributed by atoms with Crippen LogP contribution in [0.1, 0.15) is 83.2 Å². The quantitative estimate of drug-likeness (QED) is 0.374. The Kier molecular flexibility index (Phi) is 6.48. The molecule has 1 aromatic carbocycles. The van der Waals surface area contributed by atoms with Gasteiger partial charge in [-0.2, -0.15) is 5.10 Å². The molecule has 5 nitrogen and oxygen atoms in total. The Morgan fingerprint density at radius 3 is 2.77 bits per heavy atom. The number of alkyl halides is 1. The third kappa shape index (κ3) is 4.94. The molecule has 2 fully saturated rings. The Labute approximate surface area is 210 Å². The molecule has 0 spiro atoms. The van der Waals surface area contributed by atoms with Gasteiger partial charge in [-0.1, -0.05) is 25.0 Å². The molecule has 0 saturated heterocycles. The predicted molar refractivity (Wildman–Crippen MR) is 138 cm³/mol. The number of carbonyl (C=O) groups is 1. The lowest BCUT2D eigenvalue weighted by molar-refractivity contribution is 0.0941. The number of carbonyl (C=O) groups excluding carboxylic acids is 1. The van der Waals surface area contributed by atoms with Crippen molar-refractivity contribution >= 4 is 28.0 Å². The first kappa shape index (κ1) is 23.3. The molecule has 6 rings (SSSR count). The van der Waals surface area contributed by atoms with Gasteiger partial charge in [0.1, 0.15) is 6.17 Å². The zero-order valence-electron chi connectivity index (χ0n) is 20.6. The Morgan fingerprint density at radius 2 is 1.97 bits per heavy atom. The van der Waals surface area contributed by atoms with Crippen LogP contribution in [0.3, 0.4) is 0 Å². The van der Waals surface area contributed by atoms with Crippen LogP contribution in [0.15, 0.2) is 24.4 Å². The van der Waals surface area contributed by atoms with Gasteiger partial charge in [0.2, 0.25) is 0 Å². The first-order valence-electron chi connectivity index (χ1n) is 13.3. The number of benzene rings is 1. The van der Waals surface area contributed by atoms with Crippen LogP contribution in [0.4, 0.5) is 4.39 Å². The Balaban J connectivity index is 0.962. The van der Waals surface area contributed by atoms with Crippen LogP contribution in [0.2, 0.25) is 0 Å². The molecular formula is C28H35FN4OS. The molecule has 2 aromatic heterocycles. The summed E-state index contributed by atoms with van der Waals surface area (Å²) >= 11 is 1.84. The molecule has 0 amide bonds. The van der Waals surface area contributed by atoms with Crippen molar-refractivity contribution < 1.29 is 9.18 Å². The van der Waals surface area contributed by atoms with Crippen molar-refractivity contribution in [3.8, 4) is 0 Å². The smallest absolute Gasteiger partial charge is 0.163 e. The van der Waals surface area contributed by atoms with E-state index in [4.69, 9.17) is 4.98 Å². The van der Waals surface area contributed by atoms with E-state index in [1.54, 1.807) is 4.68 Å². The maximum Gasteiger partial charge on any atom is 0.163 e. The van der Waals surface area contributed by atoms with Crippen LogP contribution >= 0.6 is 11.3 Å². The topological polar surface area (TPSA) is 51.0 Å². The lowest BCUT2D eigenvalue weighted by Gasteiger charge is -2.31. The van der Waals surface area contributed by atoms with Crippen molar-refractivity contribution in [1.29, 1.82) is 0 Å². The fraction of sp³-hybridized carbons (Fsp3) is 0.607. The summed E-state index contributed by atoms with van der Waals surface area (Å²) in [6.45, 7) is 3.22. The monoisotopic (exact) mass is 494 g/mol. The number of ketones is 1. The normalized spacial score (nSPS) is 27.0. The van der Waals surface area contributed by atoms with E-state index in [0.717, 1.165) is 61.3 Å². The molecule has 3 aliphatic rings. The number of aryl methyl sites for hydroxylation is 1. The number of fused-ring (bicyclic) bond motifs is 2. The maximum absolute atomic E-state index is 13.2. The minimum Gasteiger partial charge on any atom is -0.297 e. The van der Waals surface area contributed by atoms with Crippen molar-refractivity contribution in [1.82, 2.24) is 19.7 Å². The summed E-state index contributed by atoms with van der Waals surface area (Å²) in [7, 11) is 1.91. The fourth-order valence-corrected chi connectivity index (χ4v) is 7.44. The van der Waals surface area contributed by atoms with Crippen molar-refractivity contribution in [3.05, 3.63) is 45.5 Å². The summed E-state index contributed by atoms with van der Waals surface area (Å²) in [5, 5.41) is 6.60. The second-order valence-corrected chi connectivity index (χ2v) is 12.2. The van der Waals surface area contributed by atoms with E-state index in [2.05, 4.69) is 10.00 Å². The molecule has 0 unspecified atom stereocenters. The second kappa shape index (κ2) is 9.74. The second-order valence-electron chi connectivity index (χ2n) is 11.1. The Hall–Kier alpha value is -2.12. The zero-order chi connectivity index (χ0) is 23.9. The first-order chi connectivity index (χ1) is 17.0. The lowest BCUT2D eigenvalue weighted by Crippen LogP contribution is -2.32. The SMILES string of the molecule is Cn1cc2c(C(=O)CC3CCC(CCN4CCc5sc(C6CC(F)C6)nc5C4)CC3)cccc2n1. The number of halogens is 1. The Morgan fingerprint density at radius 1 is 1.17 bits per heavy atom. The van der Waals surface area contributed by atoms with Gasteiger partial charge in [-0.3, -0.25) is 14.4 Å². The highest BCUT2D eigenvalue weighted by Gasteiger charge is 2.34. The van der Waals surface area contributed by atoms with Gasteiger partial charge >= 0.3 is 0 Å². The van der Waals surface area contributed by atoms with Crippen molar-refractivity contribution in [2.45, 2.75) is 76.4 Å². The van der Waals surface area contributed by atoms with E-state index >= 15 is 0 Å². The highest BCUT2D eigenvalue weighted by molar-refractivity contribution is 7.11. The van der Waals surface area contributed by atoms with Gasteiger partial charge in [0.15, 0.2) is 5.78 Å². The number of Topliss-reactive ketones (excluding diaryl/α,β-unsaturated/α-hetero) is 1. The van der Waals surface area contributed by atoms with E-state index in [-0.39, 0.29) is 5.78 Å². The lowest BCUT2D eigenvalue weighted by atomic mass is 9.78. The molecule has 0 N–H and O–H groups in total. The van der Waals surface area contributed by atoms with Gasteiger partial charge in [-0.25, -0.2) is 9.37 Å². The first-order valence-corrected chi connectivity index (χ1v) is 14.1. The number of thiazole rings is 1. The van der Waals surface area contributed by atoms with Gasteiger partial charge in [0, 0.05) is 54.5 Å². The molecule has 1 aliphatic heterocycles. The number of rotatable bonds is 7. The molecule has 0 bridgehead atoms. The summed E-state index contributed by atoms with van der Waals surface area (Å²) in [5.74, 6) is 1.91. The van der Waals surface area contributed by atoms with Crippen LogP contribution in [0.25, 0.3) is 10.9 Å². The van der Waals surface area contributed by atoms with Crippen LogP contribution < -0.4 is 0 Å². The van der Waals surface area contributed by atoms with Gasteiger partial charge in [0.05, 0.1) is 16.2 Å². The van der Waals surface area contributed by atoms with E-state index in [0.29, 0.717) is 31.1 Å². The number of hydrogen-bond acceptors (Lipinski definition) is 5. The number of nitrogens with zero attached hydrogens (tertiary/aromatic N) is 4. The van der Waals surface area contributed by atoms with Gasteiger partial charge in [0.25, 0.3) is 0 Å². The third-order valence-electron chi connectivity index (χ3n) is 8.51. The van der Waals surface area contributed by atoms with E-state index in [1.807, 2.05) is 42.8 Å². The predicted octanol–water partition coefficient (Wildman–Crippen LogP) is 6.07. The molecule has 186 valence electrons. The van der Waals surface area contributed by atoms with Crippen LogP contribution in [0.5, 0.6) is 0 Å². The highest BCUT2D eigenvalue weighted by Crippen LogP contribution is 2.42. The fourth-order valence-electron chi connectivity index (χ4n) is 6.25. The molecule has 0 radical (unpaired) electrons. The summed E-state index contributed by atoms with van der Waals surface area (Å²) in [5.41, 5.74) is 2.98. The minimum atomic E-state index is -0.610. The highest BCUT2D eigenvalue weighted by atomic mass is 32.1. The molecule has 2 aliphatic carbocycles. The van der Waals surface area contributed by atoms with E-state index in [9.17, 15) is 9.18 Å². The average molecular weight is 495 g/mol. The number of aromatic nitrogens is 3.